The van der Waals surface area contributed by atoms with E-state index < -0.39 is 35.9 Å². The van der Waals surface area contributed by atoms with Crippen LogP contribution in [0.5, 0.6) is 0 Å². The molecule has 20 heteroatoms. The van der Waals surface area contributed by atoms with E-state index in [4.69, 9.17) is 25.5 Å². The largest absolute Gasteiger partial charge is 0.490 e. The smallest absolute Gasteiger partial charge is 0.475 e. The fourth-order valence-corrected chi connectivity index (χ4v) is 6.02. The number of rotatable bonds is 1. The van der Waals surface area contributed by atoms with Crippen molar-refractivity contribution in [1.82, 2.24) is 20.0 Å². The number of anilines is 1. The molecule has 2 aliphatic rings. The van der Waals surface area contributed by atoms with Gasteiger partial charge in [-0.2, -0.15) is 36.7 Å². The summed E-state index contributed by atoms with van der Waals surface area (Å²) in [5.41, 5.74) is 7.44. The highest BCUT2D eigenvalue weighted by atomic mass is 32.1. The molecule has 1 fully saturated rings. The lowest BCUT2D eigenvalue weighted by molar-refractivity contribution is -0.193. The number of hydrogen-bond acceptors (Lipinski definition) is 8. The number of fused-ring (bicyclic) bond motifs is 2. The predicted molar refractivity (Wildman–Crippen MR) is 149 cm³/mol. The molecule has 0 spiro atoms. The number of carbonyl (C=O) groups excluding carboxylic acids is 1. The number of nitrogens with zero attached hydrogens (tertiary/aromatic N) is 4. The van der Waals surface area contributed by atoms with E-state index in [0.29, 0.717) is 42.6 Å². The zero-order chi connectivity index (χ0) is 35.0. The summed E-state index contributed by atoms with van der Waals surface area (Å²) in [6, 6.07) is 6.00. The normalized spacial score (nSPS) is 16.2. The number of aryl methyl sites for hydroxylation is 1. The van der Waals surface area contributed by atoms with Crippen molar-refractivity contribution in [1.29, 1.82) is 5.26 Å². The maximum absolute atomic E-state index is 15.8. The summed E-state index contributed by atoms with van der Waals surface area (Å²) in [5, 5.41) is 32.6. The van der Waals surface area contributed by atoms with Crippen LogP contribution in [-0.4, -0.2) is 80.8 Å². The van der Waals surface area contributed by atoms with Crippen LogP contribution in [0.25, 0.3) is 32.1 Å². The lowest BCUT2D eigenvalue weighted by Gasteiger charge is -2.37. The molecule has 2 aromatic heterocycles. The Labute approximate surface area is 261 Å². The Morgan fingerprint density at radius 1 is 1.04 bits per heavy atom. The van der Waals surface area contributed by atoms with Crippen molar-refractivity contribution in [3.05, 3.63) is 47.2 Å². The van der Waals surface area contributed by atoms with Crippen molar-refractivity contribution in [2.75, 3.05) is 25.4 Å². The van der Waals surface area contributed by atoms with Gasteiger partial charge in [-0.25, -0.2) is 18.4 Å². The third-order valence-electron chi connectivity index (χ3n) is 7.07. The third-order valence-corrected chi connectivity index (χ3v) is 8.10. The molecule has 1 amide bonds. The van der Waals surface area contributed by atoms with Gasteiger partial charge in [-0.15, -0.1) is 11.3 Å². The van der Waals surface area contributed by atoms with Crippen LogP contribution in [0, 0.1) is 23.0 Å². The van der Waals surface area contributed by atoms with Crippen LogP contribution in [-0.2, 0) is 16.1 Å². The lowest BCUT2D eigenvalue weighted by Crippen LogP contribution is -2.54. The van der Waals surface area contributed by atoms with E-state index in [1.165, 1.54) is 18.2 Å². The number of nitriles is 1. The Hall–Kier alpha value is -5.03. The number of aromatic nitrogens is 2. The van der Waals surface area contributed by atoms with Gasteiger partial charge in [0.2, 0.25) is 0 Å². The molecule has 6 rings (SSSR count). The van der Waals surface area contributed by atoms with Gasteiger partial charge >= 0.3 is 24.3 Å². The van der Waals surface area contributed by atoms with Crippen LogP contribution in [0.15, 0.2) is 24.4 Å². The minimum absolute atomic E-state index is 0.0186. The molecule has 0 radical (unpaired) electrons. The van der Waals surface area contributed by atoms with Gasteiger partial charge in [-0.05, 0) is 24.1 Å². The van der Waals surface area contributed by atoms with E-state index in [0.717, 1.165) is 17.8 Å². The van der Waals surface area contributed by atoms with E-state index in [-0.39, 0.29) is 43.7 Å². The summed E-state index contributed by atoms with van der Waals surface area (Å²) in [4.78, 5) is 33.1. The molecule has 47 heavy (non-hydrogen) atoms. The van der Waals surface area contributed by atoms with Crippen molar-refractivity contribution in [2.24, 2.45) is 0 Å². The van der Waals surface area contributed by atoms with E-state index in [1.54, 1.807) is 10.9 Å². The monoisotopic (exact) mass is 692 g/mol. The molecule has 11 nitrogen and oxygen atoms in total. The minimum Gasteiger partial charge on any atom is -0.475 e. The summed E-state index contributed by atoms with van der Waals surface area (Å²) in [7, 11) is 0. The maximum Gasteiger partial charge on any atom is 0.490 e. The van der Waals surface area contributed by atoms with Gasteiger partial charge in [0.15, 0.2) is 0 Å². The SMILES string of the molecule is N#Cc1c(N)sc2c(F)ccc(-c3c(F)cc4c5c3cnn5CC[C@@H]3CNCCN3C4=O)c12.O=C(O)C(F)(F)F.O=C(O)C(F)(F)F. The zero-order valence-corrected chi connectivity index (χ0v) is 24.2. The molecule has 5 N–H and O–H groups in total. The molecule has 2 aliphatic heterocycles. The molecule has 0 saturated carbocycles. The number of halogens is 8. The number of nitrogens with one attached hydrogen (secondary N) is 1. The van der Waals surface area contributed by atoms with Gasteiger partial charge in [0, 0.05) is 48.6 Å². The van der Waals surface area contributed by atoms with Crippen LogP contribution >= 0.6 is 11.3 Å². The molecule has 4 heterocycles. The number of carboxylic acids is 2. The first-order valence-corrected chi connectivity index (χ1v) is 13.9. The molecule has 2 aromatic carbocycles. The van der Waals surface area contributed by atoms with Crippen LogP contribution in [0.1, 0.15) is 22.3 Å². The van der Waals surface area contributed by atoms with Crippen molar-refractivity contribution in [2.45, 2.75) is 31.4 Å². The van der Waals surface area contributed by atoms with Crippen LogP contribution in [0.2, 0.25) is 0 Å². The third kappa shape index (κ3) is 6.90. The molecule has 1 saturated heterocycles. The van der Waals surface area contributed by atoms with Crippen LogP contribution < -0.4 is 11.1 Å². The number of nitrogen functional groups attached to an aromatic ring is 1. The maximum atomic E-state index is 15.8. The fraction of sp³-hybridized carbons (Fsp3) is 0.296. The van der Waals surface area contributed by atoms with Gasteiger partial charge < -0.3 is 26.2 Å². The highest BCUT2D eigenvalue weighted by molar-refractivity contribution is 7.23. The highest BCUT2D eigenvalue weighted by Crippen LogP contribution is 2.44. The predicted octanol–water partition coefficient (Wildman–Crippen LogP) is 4.73. The number of hydrogen-bond donors (Lipinski definition) is 4. The second-order valence-electron chi connectivity index (χ2n) is 9.91. The van der Waals surface area contributed by atoms with E-state index >= 15 is 4.39 Å². The second-order valence-corrected chi connectivity index (χ2v) is 11.0. The van der Waals surface area contributed by atoms with Gasteiger partial charge in [-0.1, -0.05) is 6.07 Å². The Morgan fingerprint density at radius 3 is 2.23 bits per heavy atom. The van der Waals surface area contributed by atoms with E-state index in [2.05, 4.69) is 10.4 Å². The number of nitrogens with two attached hydrogens (primary N) is 1. The number of amides is 1. The molecular formula is C27H20F8N6O5S. The fourth-order valence-electron chi connectivity index (χ4n) is 5.08. The summed E-state index contributed by atoms with van der Waals surface area (Å²) in [6.45, 7) is 2.51. The number of aliphatic carboxylic acids is 2. The Kier molecular flexibility index (Phi) is 9.63. The van der Waals surface area contributed by atoms with Crippen LogP contribution in [0.3, 0.4) is 0 Å². The number of carbonyl (C=O) groups is 3. The first-order valence-electron chi connectivity index (χ1n) is 13.1. The first-order chi connectivity index (χ1) is 21.9. The summed E-state index contributed by atoms with van der Waals surface area (Å²) in [5.74, 6) is -6.88. The number of benzene rings is 2. The number of carboxylic acid groups (broad SMARTS) is 2. The van der Waals surface area contributed by atoms with Gasteiger partial charge in [0.25, 0.3) is 5.91 Å². The van der Waals surface area contributed by atoms with Gasteiger partial charge in [0.05, 0.1) is 27.5 Å². The van der Waals surface area contributed by atoms with Crippen molar-refractivity contribution >= 4 is 55.2 Å². The lowest BCUT2D eigenvalue weighted by atomic mass is 9.93. The Balaban J connectivity index is 0.000000301. The van der Waals surface area contributed by atoms with Gasteiger partial charge in [0.1, 0.15) is 22.7 Å². The minimum atomic E-state index is -5.08. The Bertz CT molecular complexity index is 1910. The highest BCUT2D eigenvalue weighted by Gasteiger charge is 2.39. The molecule has 4 aromatic rings. The summed E-state index contributed by atoms with van der Waals surface area (Å²) < 4.78 is 95.7. The second kappa shape index (κ2) is 13.0. The average Bonchev–Trinajstić information content (AvgIpc) is 3.56. The first kappa shape index (κ1) is 34.8. The topological polar surface area (TPSA) is 175 Å². The van der Waals surface area contributed by atoms with Gasteiger partial charge in [-0.3, -0.25) is 9.48 Å². The van der Waals surface area contributed by atoms with E-state index in [9.17, 15) is 40.8 Å². The number of piperazine rings is 1. The zero-order valence-electron chi connectivity index (χ0n) is 23.3. The standard InChI is InChI=1S/C23H18F2N6OS.2C2HF3O2/c24-16-2-1-12(19-14(8-26)22(27)33-21(16)19)18-15-10-29-31-5-3-11-9-28-4-6-30(11)23(32)13(20(15)31)7-17(18)25;2*3-2(4,5)1(6)7/h1-2,7,10-11,28H,3-6,9,27H2;2*(H,6,7)/t11-;;/m1../s1. The van der Waals surface area contributed by atoms with E-state index in [1.807, 2.05) is 11.0 Å². The van der Waals surface area contributed by atoms with Crippen molar-refractivity contribution in [3.8, 4) is 17.2 Å². The molecule has 250 valence electrons. The molecule has 0 aliphatic carbocycles. The number of alkyl halides is 6. The molecule has 0 bridgehead atoms. The average molecular weight is 693 g/mol. The van der Waals surface area contributed by atoms with Crippen molar-refractivity contribution < 1.29 is 59.7 Å². The van der Waals surface area contributed by atoms with Crippen molar-refractivity contribution in [3.63, 3.8) is 0 Å². The Morgan fingerprint density at radius 2 is 1.66 bits per heavy atom. The summed E-state index contributed by atoms with van der Waals surface area (Å²) >= 11 is 0.963. The quantitative estimate of drug-likeness (QED) is 0.206. The summed E-state index contributed by atoms with van der Waals surface area (Å²) in [6.07, 6.45) is -7.90. The van der Waals surface area contributed by atoms with Crippen LogP contribution in [0.4, 0.5) is 40.1 Å². The molecule has 1 atom stereocenters. The number of thiophene rings is 1. The molecular weight excluding hydrogens is 672 g/mol. The molecule has 0 unspecified atom stereocenters.